The summed E-state index contributed by atoms with van der Waals surface area (Å²) in [5, 5.41) is 12.5. The maximum Gasteiger partial charge on any atom is 0.266 e. The Morgan fingerprint density at radius 3 is 2.45 bits per heavy atom. The van der Waals surface area contributed by atoms with E-state index >= 15 is 0 Å². The Kier molecular flexibility index (Phi) is 6.23. The maximum absolute atomic E-state index is 12.7. The highest BCUT2D eigenvalue weighted by molar-refractivity contribution is 14.1. The van der Waals surface area contributed by atoms with Crippen LogP contribution in [0.1, 0.15) is 28.1 Å². The minimum absolute atomic E-state index is 0.0776. The van der Waals surface area contributed by atoms with Gasteiger partial charge in [0.2, 0.25) is 0 Å². The van der Waals surface area contributed by atoms with Crippen LogP contribution in [0, 0.1) is 42.6 Å². The zero-order valence-corrected chi connectivity index (χ0v) is 19.0. The van der Waals surface area contributed by atoms with E-state index in [9.17, 15) is 10.1 Å². The van der Waals surface area contributed by atoms with Gasteiger partial charge in [-0.3, -0.25) is 4.79 Å². The lowest BCUT2D eigenvalue weighted by molar-refractivity contribution is -0.112. The fourth-order valence-electron chi connectivity index (χ4n) is 3.30. The SMILES string of the molecule is Cc1cccc(NC(=O)/C(C#N)=C\c2cc(C)n(-c3ccc(I)cc3)c2C)c1C. The van der Waals surface area contributed by atoms with E-state index in [0.717, 1.165) is 39.5 Å². The van der Waals surface area contributed by atoms with E-state index in [0.29, 0.717) is 0 Å². The highest BCUT2D eigenvalue weighted by Crippen LogP contribution is 2.24. The largest absolute Gasteiger partial charge is 0.321 e. The molecule has 0 unspecified atom stereocenters. The summed E-state index contributed by atoms with van der Waals surface area (Å²) in [5.74, 6) is -0.403. The van der Waals surface area contributed by atoms with E-state index < -0.39 is 5.91 Å². The van der Waals surface area contributed by atoms with Crippen molar-refractivity contribution >= 4 is 40.3 Å². The van der Waals surface area contributed by atoms with Crippen molar-refractivity contribution in [3.05, 3.63) is 85.8 Å². The molecule has 3 aromatic rings. The van der Waals surface area contributed by atoms with Crippen LogP contribution in [0.5, 0.6) is 0 Å². The number of amides is 1. The van der Waals surface area contributed by atoms with Gasteiger partial charge in [0.15, 0.2) is 0 Å². The van der Waals surface area contributed by atoms with Crippen molar-refractivity contribution in [2.75, 3.05) is 5.32 Å². The number of carbonyl (C=O) groups is 1. The first-order valence-corrected chi connectivity index (χ1v) is 10.3. The molecular weight excluding hydrogens is 473 g/mol. The topological polar surface area (TPSA) is 57.8 Å². The number of aromatic nitrogens is 1. The van der Waals surface area contributed by atoms with Gasteiger partial charge in [0.25, 0.3) is 5.91 Å². The van der Waals surface area contributed by atoms with Crippen LogP contribution >= 0.6 is 22.6 Å². The van der Waals surface area contributed by atoms with Gasteiger partial charge in [-0.2, -0.15) is 5.26 Å². The van der Waals surface area contributed by atoms with Crippen molar-refractivity contribution < 1.29 is 4.79 Å². The Morgan fingerprint density at radius 2 is 1.79 bits per heavy atom. The van der Waals surface area contributed by atoms with Gasteiger partial charge < -0.3 is 9.88 Å². The van der Waals surface area contributed by atoms with Gasteiger partial charge in [-0.1, -0.05) is 12.1 Å². The highest BCUT2D eigenvalue weighted by Gasteiger charge is 2.15. The van der Waals surface area contributed by atoms with Crippen LogP contribution in [0.3, 0.4) is 0 Å². The third kappa shape index (κ3) is 4.43. The molecule has 3 rings (SSSR count). The highest BCUT2D eigenvalue weighted by atomic mass is 127. The second kappa shape index (κ2) is 8.66. The van der Waals surface area contributed by atoms with Crippen LogP contribution in [-0.2, 0) is 4.79 Å². The Hall–Kier alpha value is -2.85. The quantitative estimate of drug-likeness (QED) is 0.280. The predicted octanol–water partition coefficient (Wildman–Crippen LogP) is 5.86. The molecule has 5 heteroatoms. The number of hydrogen-bond acceptors (Lipinski definition) is 2. The zero-order valence-electron chi connectivity index (χ0n) is 16.9. The third-order valence-corrected chi connectivity index (χ3v) is 5.79. The summed E-state index contributed by atoms with van der Waals surface area (Å²) in [5.41, 5.74) is 6.82. The number of carbonyl (C=O) groups excluding carboxylic acids is 1. The number of anilines is 1. The number of hydrogen-bond donors (Lipinski definition) is 1. The van der Waals surface area contributed by atoms with Gasteiger partial charge in [0, 0.05) is 26.3 Å². The Morgan fingerprint density at radius 1 is 1.10 bits per heavy atom. The number of nitrogens with one attached hydrogen (secondary N) is 1. The molecule has 0 bridgehead atoms. The first-order chi connectivity index (χ1) is 13.8. The summed E-state index contributed by atoms with van der Waals surface area (Å²) in [6, 6.07) is 18.0. The van der Waals surface area contributed by atoms with Crippen molar-refractivity contribution in [2.45, 2.75) is 27.7 Å². The predicted molar refractivity (Wildman–Crippen MR) is 126 cm³/mol. The van der Waals surface area contributed by atoms with Crippen molar-refractivity contribution in [1.29, 1.82) is 5.26 Å². The molecule has 1 heterocycles. The zero-order chi connectivity index (χ0) is 21.1. The van der Waals surface area contributed by atoms with Gasteiger partial charge >= 0.3 is 0 Å². The molecule has 0 aliphatic heterocycles. The summed E-state index contributed by atoms with van der Waals surface area (Å²) in [7, 11) is 0. The molecular formula is C24H22IN3O. The average Bonchev–Trinajstić information content (AvgIpc) is 2.97. The van der Waals surface area contributed by atoms with Crippen molar-refractivity contribution in [2.24, 2.45) is 0 Å². The van der Waals surface area contributed by atoms with Gasteiger partial charge in [0.05, 0.1) is 0 Å². The molecule has 1 aromatic heterocycles. The van der Waals surface area contributed by atoms with Crippen LogP contribution in [0.2, 0.25) is 0 Å². The second-order valence-corrected chi connectivity index (χ2v) is 8.26. The molecule has 0 atom stereocenters. The van der Waals surface area contributed by atoms with E-state index in [1.807, 2.05) is 58.0 Å². The monoisotopic (exact) mass is 495 g/mol. The average molecular weight is 495 g/mol. The van der Waals surface area contributed by atoms with Gasteiger partial charge in [-0.05, 0) is 109 Å². The fourth-order valence-corrected chi connectivity index (χ4v) is 3.66. The number of nitriles is 1. The summed E-state index contributed by atoms with van der Waals surface area (Å²) in [6.07, 6.45) is 1.66. The first kappa shape index (κ1) is 20.9. The van der Waals surface area contributed by atoms with Crippen LogP contribution in [0.25, 0.3) is 11.8 Å². The van der Waals surface area contributed by atoms with Crippen LogP contribution in [0.4, 0.5) is 5.69 Å². The van der Waals surface area contributed by atoms with Gasteiger partial charge in [-0.25, -0.2) is 0 Å². The first-order valence-electron chi connectivity index (χ1n) is 9.26. The molecule has 0 aliphatic rings. The molecule has 0 spiro atoms. The Balaban J connectivity index is 1.94. The van der Waals surface area contributed by atoms with E-state index in [1.165, 1.54) is 3.57 Å². The van der Waals surface area contributed by atoms with Gasteiger partial charge in [0.1, 0.15) is 11.6 Å². The standard InChI is InChI=1S/C24H22IN3O/c1-15-6-5-7-23(17(15)3)27-24(29)20(14-26)13-19-12-16(2)28(18(19)4)22-10-8-21(25)9-11-22/h5-13H,1-4H3,(H,27,29)/b20-13-. The fraction of sp³-hybridized carbons (Fsp3) is 0.167. The summed E-state index contributed by atoms with van der Waals surface area (Å²) in [6.45, 7) is 7.96. The van der Waals surface area contributed by atoms with Crippen LogP contribution < -0.4 is 5.32 Å². The number of benzene rings is 2. The van der Waals surface area contributed by atoms with Crippen molar-refractivity contribution in [1.82, 2.24) is 4.57 Å². The number of nitrogens with zero attached hydrogens (tertiary/aromatic N) is 2. The molecule has 0 saturated carbocycles. The van der Waals surface area contributed by atoms with Crippen molar-refractivity contribution in [3.8, 4) is 11.8 Å². The number of halogens is 1. The van der Waals surface area contributed by atoms with E-state index in [1.54, 1.807) is 6.08 Å². The van der Waals surface area contributed by atoms with E-state index in [4.69, 9.17) is 0 Å². The molecule has 0 radical (unpaired) electrons. The van der Waals surface area contributed by atoms with Crippen molar-refractivity contribution in [3.63, 3.8) is 0 Å². The Labute approximate surface area is 185 Å². The molecule has 2 aromatic carbocycles. The summed E-state index contributed by atoms with van der Waals surface area (Å²) < 4.78 is 3.29. The number of rotatable bonds is 4. The molecule has 1 N–H and O–H groups in total. The third-order valence-electron chi connectivity index (χ3n) is 5.07. The Bertz CT molecular complexity index is 1150. The second-order valence-electron chi connectivity index (χ2n) is 7.01. The molecule has 0 aliphatic carbocycles. The van der Waals surface area contributed by atoms with E-state index in [2.05, 4.69) is 56.7 Å². The van der Waals surface area contributed by atoms with Gasteiger partial charge in [-0.15, -0.1) is 0 Å². The minimum Gasteiger partial charge on any atom is -0.321 e. The maximum atomic E-state index is 12.7. The van der Waals surface area contributed by atoms with E-state index in [-0.39, 0.29) is 5.57 Å². The minimum atomic E-state index is -0.403. The summed E-state index contributed by atoms with van der Waals surface area (Å²) in [4.78, 5) is 12.7. The molecule has 0 fully saturated rings. The summed E-state index contributed by atoms with van der Waals surface area (Å²) >= 11 is 2.28. The lowest BCUT2D eigenvalue weighted by atomic mass is 10.1. The van der Waals surface area contributed by atoms with Crippen LogP contribution in [0.15, 0.2) is 54.1 Å². The normalized spacial score (nSPS) is 11.2. The molecule has 146 valence electrons. The molecule has 0 saturated heterocycles. The molecule has 1 amide bonds. The molecule has 29 heavy (non-hydrogen) atoms. The lowest BCUT2D eigenvalue weighted by Crippen LogP contribution is -2.14. The molecule has 4 nitrogen and oxygen atoms in total. The lowest BCUT2D eigenvalue weighted by Gasteiger charge is -2.10. The number of aryl methyl sites for hydroxylation is 2. The van der Waals surface area contributed by atoms with Crippen LogP contribution in [-0.4, -0.2) is 10.5 Å². The smallest absolute Gasteiger partial charge is 0.266 e.